The molecule has 0 aromatic heterocycles. The number of amides is 1. The van der Waals surface area contributed by atoms with Crippen LogP contribution in [0.3, 0.4) is 0 Å². The van der Waals surface area contributed by atoms with Gasteiger partial charge in [0.05, 0.1) is 0 Å². The number of hydrogen-bond acceptors (Lipinski definition) is 2. The fourth-order valence-electron chi connectivity index (χ4n) is 2.11. The fraction of sp³-hybridized carbons (Fsp3) is 0.923. The summed E-state index contributed by atoms with van der Waals surface area (Å²) in [6.07, 6.45) is 6.04. The Morgan fingerprint density at radius 2 is 1.94 bits per heavy atom. The fourth-order valence-corrected chi connectivity index (χ4v) is 2.11. The molecule has 1 aliphatic rings. The molecule has 1 fully saturated rings. The van der Waals surface area contributed by atoms with E-state index in [9.17, 15) is 4.79 Å². The molecular weight excluding hydrogens is 200 g/mol. The summed E-state index contributed by atoms with van der Waals surface area (Å²) >= 11 is 0. The van der Waals surface area contributed by atoms with Crippen molar-refractivity contribution in [3.05, 3.63) is 0 Å². The van der Waals surface area contributed by atoms with E-state index < -0.39 is 0 Å². The molecule has 0 heterocycles. The number of carbonyl (C=O) groups is 1. The maximum absolute atomic E-state index is 11.7. The first-order valence-electron chi connectivity index (χ1n) is 6.43. The topological polar surface area (TPSA) is 55.1 Å². The van der Waals surface area contributed by atoms with Crippen molar-refractivity contribution in [2.75, 3.05) is 0 Å². The average Bonchev–Trinajstić information content (AvgIpc) is 2.18. The summed E-state index contributed by atoms with van der Waals surface area (Å²) in [6, 6.07) is 0.369. The van der Waals surface area contributed by atoms with Crippen molar-refractivity contribution < 1.29 is 4.79 Å². The molecule has 1 amide bonds. The first-order valence-corrected chi connectivity index (χ1v) is 6.43. The van der Waals surface area contributed by atoms with E-state index in [0.717, 1.165) is 19.3 Å². The number of carbonyl (C=O) groups excluding carboxylic acids is 1. The van der Waals surface area contributed by atoms with Gasteiger partial charge in [-0.1, -0.05) is 33.6 Å². The van der Waals surface area contributed by atoms with Gasteiger partial charge < -0.3 is 11.1 Å². The summed E-state index contributed by atoms with van der Waals surface area (Å²) in [5.74, 6) is 0.164. The lowest BCUT2D eigenvalue weighted by Gasteiger charge is -2.29. The van der Waals surface area contributed by atoms with Crippen LogP contribution < -0.4 is 11.1 Å². The Balaban J connectivity index is 2.28. The van der Waals surface area contributed by atoms with Crippen LogP contribution in [0.4, 0.5) is 0 Å². The van der Waals surface area contributed by atoms with E-state index in [1.54, 1.807) is 0 Å². The molecule has 1 saturated carbocycles. The maximum atomic E-state index is 11.7. The van der Waals surface area contributed by atoms with E-state index in [1.807, 2.05) is 0 Å². The first-order chi connectivity index (χ1) is 7.38. The molecule has 0 bridgehead atoms. The van der Waals surface area contributed by atoms with Gasteiger partial charge in [-0.25, -0.2) is 0 Å². The summed E-state index contributed by atoms with van der Waals surface area (Å²) in [5, 5.41) is 3.08. The van der Waals surface area contributed by atoms with Crippen LogP contribution in [-0.4, -0.2) is 18.0 Å². The van der Waals surface area contributed by atoms with Crippen molar-refractivity contribution in [1.29, 1.82) is 0 Å². The molecule has 3 N–H and O–H groups in total. The summed E-state index contributed by atoms with van der Waals surface area (Å²) in [4.78, 5) is 11.7. The van der Waals surface area contributed by atoms with Gasteiger partial charge in [-0.05, 0) is 24.7 Å². The quantitative estimate of drug-likeness (QED) is 0.775. The molecular formula is C13H26N2O. The predicted molar refractivity (Wildman–Crippen MR) is 67.1 cm³/mol. The van der Waals surface area contributed by atoms with Gasteiger partial charge in [0.2, 0.25) is 5.91 Å². The summed E-state index contributed by atoms with van der Waals surface area (Å²) in [6.45, 7) is 6.48. The Morgan fingerprint density at radius 3 is 2.50 bits per heavy atom. The van der Waals surface area contributed by atoms with Gasteiger partial charge in [0.1, 0.15) is 0 Å². The van der Waals surface area contributed by atoms with Crippen molar-refractivity contribution in [2.45, 2.75) is 71.4 Å². The second-order valence-electron chi connectivity index (χ2n) is 6.18. The standard InChI is InChI=1S/C13H26N2O/c1-13(2,3)9-8-12(16)15-11-7-5-4-6-10(11)14/h10-11H,4-9,14H2,1-3H3,(H,15,16)/t10-,11-/m1/s1. The zero-order valence-corrected chi connectivity index (χ0v) is 10.9. The van der Waals surface area contributed by atoms with Crippen LogP contribution in [0.1, 0.15) is 59.3 Å². The highest BCUT2D eigenvalue weighted by Gasteiger charge is 2.23. The summed E-state index contributed by atoms with van der Waals surface area (Å²) < 4.78 is 0. The Morgan fingerprint density at radius 1 is 1.31 bits per heavy atom. The van der Waals surface area contributed by atoms with Crippen molar-refractivity contribution in [3.63, 3.8) is 0 Å². The van der Waals surface area contributed by atoms with E-state index in [2.05, 4.69) is 26.1 Å². The number of nitrogens with two attached hydrogens (primary N) is 1. The van der Waals surface area contributed by atoms with Gasteiger partial charge in [0.15, 0.2) is 0 Å². The van der Waals surface area contributed by atoms with E-state index >= 15 is 0 Å². The van der Waals surface area contributed by atoms with Gasteiger partial charge in [0.25, 0.3) is 0 Å². The van der Waals surface area contributed by atoms with Crippen molar-refractivity contribution >= 4 is 5.91 Å². The zero-order chi connectivity index (χ0) is 12.2. The lowest BCUT2D eigenvalue weighted by atomic mass is 9.89. The van der Waals surface area contributed by atoms with Crippen LogP contribution in [0.5, 0.6) is 0 Å². The third-order valence-corrected chi connectivity index (χ3v) is 3.27. The van der Waals surface area contributed by atoms with Gasteiger partial charge in [-0.3, -0.25) is 4.79 Å². The van der Waals surface area contributed by atoms with Crippen LogP contribution in [0, 0.1) is 5.41 Å². The summed E-state index contributed by atoms with van der Waals surface area (Å²) in [5.41, 5.74) is 6.22. The molecule has 3 heteroatoms. The minimum Gasteiger partial charge on any atom is -0.352 e. The van der Waals surface area contributed by atoms with E-state index in [4.69, 9.17) is 5.73 Å². The number of hydrogen-bond donors (Lipinski definition) is 2. The molecule has 0 aromatic rings. The first kappa shape index (κ1) is 13.5. The molecule has 1 aliphatic carbocycles. The molecule has 0 saturated heterocycles. The van der Waals surface area contributed by atoms with E-state index in [1.165, 1.54) is 12.8 Å². The van der Waals surface area contributed by atoms with E-state index in [0.29, 0.717) is 6.42 Å². The molecule has 0 spiro atoms. The largest absolute Gasteiger partial charge is 0.352 e. The van der Waals surface area contributed by atoms with Gasteiger partial charge >= 0.3 is 0 Å². The van der Waals surface area contributed by atoms with E-state index in [-0.39, 0.29) is 23.4 Å². The smallest absolute Gasteiger partial charge is 0.220 e. The predicted octanol–water partition coefficient (Wildman–Crippen LogP) is 2.20. The molecule has 3 nitrogen and oxygen atoms in total. The van der Waals surface area contributed by atoms with Crippen LogP contribution >= 0.6 is 0 Å². The second-order valence-corrected chi connectivity index (χ2v) is 6.18. The third-order valence-electron chi connectivity index (χ3n) is 3.27. The maximum Gasteiger partial charge on any atom is 0.220 e. The molecule has 94 valence electrons. The second kappa shape index (κ2) is 5.67. The minimum absolute atomic E-state index is 0.160. The average molecular weight is 226 g/mol. The Kier molecular flexibility index (Phi) is 4.78. The molecule has 2 atom stereocenters. The highest BCUT2D eigenvalue weighted by Crippen LogP contribution is 2.21. The van der Waals surface area contributed by atoms with Crippen LogP contribution in [-0.2, 0) is 4.79 Å². The molecule has 16 heavy (non-hydrogen) atoms. The van der Waals surface area contributed by atoms with Gasteiger partial charge in [-0.15, -0.1) is 0 Å². The molecule has 0 aromatic carbocycles. The molecule has 0 unspecified atom stereocenters. The van der Waals surface area contributed by atoms with Crippen LogP contribution in [0.15, 0.2) is 0 Å². The minimum atomic E-state index is 0.160. The Hall–Kier alpha value is -0.570. The molecule has 0 aliphatic heterocycles. The van der Waals surface area contributed by atoms with Gasteiger partial charge in [0, 0.05) is 18.5 Å². The summed E-state index contributed by atoms with van der Waals surface area (Å²) in [7, 11) is 0. The third kappa shape index (κ3) is 4.97. The van der Waals surface area contributed by atoms with Crippen molar-refractivity contribution in [2.24, 2.45) is 11.1 Å². The lowest BCUT2D eigenvalue weighted by molar-refractivity contribution is -0.122. The molecule has 0 radical (unpaired) electrons. The van der Waals surface area contributed by atoms with Crippen LogP contribution in [0.2, 0.25) is 0 Å². The highest BCUT2D eigenvalue weighted by atomic mass is 16.1. The number of nitrogens with one attached hydrogen (secondary N) is 1. The lowest BCUT2D eigenvalue weighted by Crippen LogP contribution is -2.49. The van der Waals surface area contributed by atoms with Crippen molar-refractivity contribution in [3.8, 4) is 0 Å². The monoisotopic (exact) mass is 226 g/mol. The highest BCUT2D eigenvalue weighted by molar-refractivity contribution is 5.76. The van der Waals surface area contributed by atoms with Crippen LogP contribution in [0.25, 0.3) is 0 Å². The normalized spacial score (nSPS) is 26.5. The SMILES string of the molecule is CC(C)(C)CCC(=O)N[C@@H]1CCCC[C@H]1N. The molecule has 1 rings (SSSR count). The number of rotatable bonds is 3. The zero-order valence-electron chi connectivity index (χ0n) is 10.9. The van der Waals surface area contributed by atoms with Crippen molar-refractivity contribution in [1.82, 2.24) is 5.32 Å². The van der Waals surface area contributed by atoms with Gasteiger partial charge in [-0.2, -0.15) is 0 Å². The Bertz CT molecular complexity index is 233. The Labute approximate surface area is 99.2 Å².